The quantitative estimate of drug-likeness (QED) is 0.617. The van der Waals surface area contributed by atoms with Crippen molar-refractivity contribution in [3.05, 3.63) is 27.6 Å². The molecular formula is C15H20FIN2O4. The lowest BCUT2D eigenvalue weighted by Crippen LogP contribution is -2.46. The first kappa shape index (κ1) is 19.6. The van der Waals surface area contributed by atoms with E-state index in [1.165, 1.54) is 12.1 Å². The Morgan fingerprint density at radius 2 is 2.04 bits per heavy atom. The Labute approximate surface area is 147 Å². The fraction of sp³-hybridized carbons (Fsp3) is 0.467. The molecule has 8 heteroatoms. The average Bonchev–Trinajstić information content (AvgIpc) is 2.39. The number of carbonyl (C=O) groups is 2. The Morgan fingerprint density at radius 1 is 1.39 bits per heavy atom. The van der Waals surface area contributed by atoms with E-state index in [0.29, 0.717) is 3.57 Å². The molecule has 0 fully saturated rings. The third kappa shape index (κ3) is 7.12. The Morgan fingerprint density at radius 3 is 2.57 bits per heavy atom. The number of halogens is 2. The number of ether oxygens (including phenoxy) is 1. The second-order valence-electron chi connectivity index (χ2n) is 5.82. The predicted molar refractivity (Wildman–Crippen MR) is 92.6 cm³/mol. The molecule has 0 radical (unpaired) electrons. The standard InChI is InChI=1S/C15H20FIN2O4/c1-15(2,3)23-14(22)19-12(6-7-20)13(21)18-11-5-4-9(17)8-10(11)16/h4-5,8,12,20H,6-7H2,1-3H3,(H,18,21)(H,19,22). The van der Waals surface area contributed by atoms with Crippen molar-refractivity contribution in [1.82, 2.24) is 5.32 Å². The van der Waals surface area contributed by atoms with Crippen LogP contribution in [0.15, 0.2) is 18.2 Å². The first-order chi connectivity index (χ1) is 10.6. The number of hydrogen-bond acceptors (Lipinski definition) is 4. The van der Waals surface area contributed by atoms with E-state index in [2.05, 4.69) is 10.6 Å². The Balaban J connectivity index is 2.76. The lowest BCUT2D eigenvalue weighted by molar-refractivity contribution is -0.118. The summed E-state index contributed by atoms with van der Waals surface area (Å²) >= 11 is 1.95. The van der Waals surface area contributed by atoms with Crippen LogP contribution in [0.5, 0.6) is 0 Å². The van der Waals surface area contributed by atoms with Gasteiger partial charge in [0.15, 0.2) is 0 Å². The van der Waals surface area contributed by atoms with Crippen molar-refractivity contribution in [3.8, 4) is 0 Å². The zero-order valence-corrected chi connectivity index (χ0v) is 15.3. The van der Waals surface area contributed by atoms with Crippen molar-refractivity contribution in [2.45, 2.75) is 38.8 Å². The highest BCUT2D eigenvalue weighted by Gasteiger charge is 2.24. The van der Waals surface area contributed by atoms with Crippen LogP contribution in [0.4, 0.5) is 14.9 Å². The molecule has 1 unspecified atom stereocenters. The van der Waals surface area contributed by atoms with Crippen molar-refractivity contribution in [2.24, 2.45) is 0 Å². The normalized spacial score (nSPS) is 12.4. The van der Waals surface area contributed by atoms with Gasteiger partial charge in [0.05, 0.1) is 5.69 Å². The van der Waals surface area contributed by atoms with Gasteiger partial charge in [0, 0.05) is 10.2 Å². The summed E-state index contributed by atoms with van der Waals surface area (Å²) < 4.78 is 19.5. The van der Waals surface area contributed by atoms with Gasteiger partial charge in [0.2, 0.25) is 5.91 Å². The third-order valence-electron chi connectivity index (χ3n) is 2.61. The van der Waals surface area contributed by atoms with Gasteiger partial charge >= 0.3 is 6.09 Å². The molecule has 0 saturated heterocycles. The summed E-state index contributed by atoms with van der Waals surface area (Å²) in [5.41, 5.74) is -0.712. The minimum absolute atomic E-state index is 0.00402. The van der Waals surface area contributed by atoms with Crippen molar-refractivity contribution in [2.75, 3.05) is 11.9 Å². The summed E-state index contributed by atoms with van der Waals surface area (Å²) in [7, 11) is 0. The number of aliphatic hydroxyl groups is 1. The van der Waals surface area contributed by atoms with Crippen LogP contribution < -0.4 is 10.6 Å². The van der Waals surface area contributed by atoms with Crippen molar-refractivity contribution < 1.29 is 23.8 Å². The molecule has 6 nitrogen and oxygen atoms in total. The topological polar surface area (TPSA) is 87.7 Å². The zero-order valence-electron chi connectivity index (χ0n) is 13.2. The molecule has 0 aliphatic heterocycles. The lowest BCUT2D eigenvalue weighted by atomic mass is 10.2. The van der Waals surface area contributed by atoms with Crippen LogP contribution in [-0.4, -0.2) is 35.4 Å². The molecule has 0 aliphatic carbocycles. The van der Waals surface area contributed by atoms with Gasteiger partial charge in [-0.2, -0.15) is 0 Å². The maximum Gasteiger partial charge on any atom is 0.408 e. The van der Waals surface area contributed by atoms with E-state index < -0.39 is 29.5 Å². The van der Waals surface area contributed by atoms with E-state index in [0.717, 1.165) is 0 Å². The Hall–Kier alpha value is -1.42. The van der Waals surface area contributed by atoms with Gasteiger partial charge in [0.25, 0.3) is 0 Å². The molecule has 3 N–H and O–H groups in total. The Kier molecular flexibility index (Phi) is 7.20. The first-order valence-electron chi connectivity index (χ1n) is 6.98. The van der Waals surface area contributed by atoms with Gasteiger partial charge < -0.3 is 20.5 Å². The van der Waals surface area contributed by atoms with E-state index in [4.69, 9.17) is 9.84 Å². The molecule has 1 rings (SSSR count). The van der Waals surface area contributed by atoms with Crippen LogP contribution in [0, 0.1) is 9.39 Å². The Bertz CT molecular complexity index is 575. The third-order valence-corrected chi connectivity index (χ3v) is 3.29. The number of benzene rings is 1. The molecule has 0 heterocycles. The maximum atomic E-state index is 13.8. The molecule has 0 spiro atoms. The number of alkyl carbamates (subject to hydrolysis) is 1. The average molecular weight is 438 g/mol. The highest BCUT2D eigenvalue weighted by molar-refractivity contribution is 14.1. The lowest BCUT2D eigenvalue weighted by Gasteiger charge is -2.23. The van der Waals surface area contributed by atoms with Gasteiger partial charge in [-0.15, -0.1) is 0 Å². The number of aliphatic hydroxyl groups excluding tert-OH is 1. The van der Waals surface area contributed by atoms with Crippen LogP contribution in [-0.2, 0) is 9.53 Å². The molecule has 128 valence electrons. The predicted octanol–water partition coefficient (Wildman–Crippen LogP) is 2.64. The fourth-order valence-corrected chi connectivity index (χ4v) is 2.11. The second-order valence-corrected chi connectivity index (χ2v) is 7.07. The number of nitrogens with one attached hydrogen (secondary N) is 2. The smallest absolute Gasteiger partial charge is 0.408 e. The zero-order chi connectivity index (χ0) is 17.6. The van der Waals surface area contributed by atoms with Crippen LogP contribution in [0.2, 0.25) is 0 Å². The molecule has 0 bridgehead atoms. The summed E-state index contributed by atoms with van der Waals surface area (Å²) in [6, 6.07) is 3.31. The molecular weight excluding hydrogens is 418 g/mol. The second kappa shape index (κ2) is 8.44. The monoisotopic (exact) mass is 438 g/mol. The number of carbonyl (C=O) groups excluding carboxylic acids is 2. The van der Waals surface area contributed by atoms with E-state index in [-0.39, 0.29) is 18.7 Å². The highest BCUT2D eigenvalue weighted by atomic mass is 127. The minimum atomic E-state index is -1.03. The van der Waals surface area contributed by atoms with E-state index in [9.17, 15) is 14.0 Å². The van der Waals surface area contributed by atoms with Gasteiger partial charge in [0.1, 0.15) is 17.5 Å². The molecule has 1 aromatic carbocycles. The van der Waals surface area contributed by atoms with E-state index in [1.807, 2.05) is 22.6 Å². The first-order valence-corrected chi connectivity index (χ1v) is 8.06. The summed E-state index contributed by atoms with van der Waals surface area (Å²) in [4.78, 5) is 23.9. The number of amides is 2. The molecule has 0 aromatic heterocycles. The van der Waals surface area contributed by atoms with Crippen LogP contribution in [0.1, 0.15) is 27.2 Å². The van der Waals surface area contributed by atoms with E-state index in [1.54, 1.807) is 26.8 Å². The van der Waals surface area contributed by atoms with Crippen LogP contribution in [0.25, 0.3) is 0 Å². The number of anilines is 1. The van der Waals surface area contributed by atoms with Crippen LogP contribution >= 0.6 is 22.6 Å². The SMILES string of the molecule is CC(C)(C)OC(=O)NC(CCO)C(=O)Nc1ccc(I)cc1F. The van der Waals surface area contributed by atoms with E-state index >= 15 is 0 Å². The fourth-order valence-electron chi connectivity index (χ4n) is 1.66. The number of rotatable bonds is 5. The minimum Gasteiger partial charge on any atom is -0.444 e. The van der Waals surface area contributed by atoms with Crippen molar-refractivity contribution >= 4 is 40.3 Å². The summed E-state index contributed by atoms with van der Waals surface area (Å²) in [5, 5.41) is 13.8. The van der Waals surface area contributed by atoms with Gasteiger partial charge in [-0.1, -0.05) is 0 Å². The molecule has 0 aliphatic rings. The van der Waals surface area contributed by atoms with Crippen LogP contribution in [0.3, 0.4) is 0 Å². The molecule has 1 aromatic rings. The van der Waals surface area contributed by atoms with Gasteiger partial charge in [-0.05, 0) is 68.0 Å². The number of hydrogen-bond donors (Lipinski definition) is 3. The summed E-state index contributed by atoms with van der Waals surface area (Å²) in [6.45, 7) is 4.75. The molecule has 1 atom stereocenters. The maximum absolute atomic E-state index is 13.8. The summed E-state index contributed by atoms with van der Waals surface area (Å²) in [6.07, 6.45) is -0.800. The molecule has 0 saturated carbocycles. The van der Waals surface area contributed by atoms with Crippen molar-refractivity contribution in [1.29, 1.82) is 0 Å². The van der Waals surface area contributed by atoms with Gasteiger partial charge in [-0.3, -0.25) is 4.79 Å². The van der Waals surface area contributed by atoms with Crippen molar-refractivity contribution in [3.63, 3.8) is 0 Å². The molecule has 2 amide bonds. The van der Waals surface area contributed by atoms with Gasteiger partial charge in [-0.25, -0.2) is 9.18 Å². The molecule has 23 heavy (non-hydrogen) atoms. The summed E-state index contributed by atoms with van der Waals surface area (Å²) in [5.74, 6) is -1.21. The highest BCUT2D eigenvalue weighted by Crippen LogP contribution is 2.17. The largest absolute Gasteiger partial charge is 0.444 e.